The van der Waals surface area contributed by atoms with Crippen LogP contribution in [0.3, 0.4) is 0 Å². The van der Waals surface area contributed by atoms with Crippen LogP contribution < -0.4 is 15.4 Å². The highest BCUT2D eigenvalue weighted by molar-refractivity contribution is 6.31. The van der Waals surface area contributed by atoms with Gasteiger partial charge in [0.2, 0.25) is 0 Å². The minimum absolute atomic E-state index is 0.0115. The number of amides is 1. The molecule has 1 aromatic carbocycles. The minimum Gasteiger partial charge on any atom is -0.483 e. The second-order valence-electron chi connectivity index (χ2n) is 5.32. The van der Waals surface area contributed by atoms with Gasteiger partial charge in [0, 0.05) is 23.7 Å². The fraction of sp³-hybridized carbons (Fsp3) is 0.562. The SMILES string of the molecule is CCNCc1c(Cl)cccc1OCC(=O)NCCC(C)C. The molecule has 0 aliphatic rings. The number of carbonyl (C=O) groups excluding carboxylic acids is 1. The normalized spacial score (nSPS) is 10.7. The second-order valence-corrected chi connectivity index (χ2v) is 5.73. The molecule has 0 bridgehead atoms. The number of hydrogen-bond donors (Lipinski definition) is 2. The highest BCUT2D eigenvalue weighted by Crippen LogP contribution is 2.26. The number of nitrogens with one attached hydrogen (secondary N) is 2. The van der Waals surface area contributed by atoms with Crippen LogP contribution in [0.1, 0.15) is 32.8 Å². The van der Waals surface area contributed by atoms with Crippen molar-refractivity contribution in [3.63, 3.8) is 0 Å². The lowest BCUT2D eigenvalue weighted by Crippen LogP contribution is -2.30. The molecule has 0 aromatic heterocycles. The topological polar surface area (TPSA) is 50.4 Å². The average molecular weight is 313 g/mol. The predicted molar refractivity (Wildman–Crippen MR) is 86.8 cm³/mol. The number of hydrogen-bond acceptors (Lipinski definition) is 3. The molecule has 1 rings (SSSR count). The Morgan fingerprint density at radius 1 is 1.38 bits per heavy atom. The van der Waals surface area contributed by atoms with Crippen molar-refractivity contribution >= 4 is 17.5 Å². The predicted octanol–water partition coefficient (Wildman–Crippen LogP) is 2.99. The third kappa shape index (κ3) is 6.82. The summed E-state index contributed by atoms with van der Waals surface area (Å²) in [5.41, 5.74) is 0.885. The van der Waals surface area contributed by atoms with E-state index in [1.54, 1.807) is 0 Å². The van der Waals surface area contributed by atoms with E-state index < -0.39 is 0 Å². The van der Waals surface area contributed by atoms with E-state index in [0.717, 1.165) is 18.5 Å². The van der Waals surface area contributed by atoms with Gasteiger partial charge in [-0.05, 0) is 31.0 Å². The van der Waals surface area contributed by atoms with E-state index in [1.165, 1.54) is 0 Å². The van der Waals surface area contributed by atoms with Crippen molar-refractivity contribution in [3.8, 4) is 5.75 Å². The largest absolute Gasteiger partial charge is 0.483 e. The van der Waals surface area contributed by atoms with Gasteiger partial charge in [0.25, 0.3) is 5.91 Å². The van der Waals surface area contributed by atoms with E-state index in [4.69, 9.17) is 16.3 Å². The third-order valence-electron chi connectivity index (χ3n) is 3.03. The summed E-state index contributed by atoms with van der Waals surface area (Å²) >= 11 is 6.18. The number of rotatable bonds is 9. The lowest BCUT2D eigenvalue weighted by molar-refractivity contribution is -0.123. The van der Waals surface area contributed by atoms with Crippen LogP contribution in [0.5, 0.6) is 5.75 Å². The van der Waals surface area contributed by atoms with Gasteiger partial charge in [-0.15, -0.1) is 0 Å². The van der Waals surface area contributed by atoms with Crippen molar-refractivity contribution in [2.45, 2.75) is 33.7 Å². The maximum absolute atomic E-state index is 11.7. The molecule has 0 spiro atoms. The molecule has 0 heterocycles. The maximum atomic E-state index is 11.7. The van der Waals surface area contributed by atoms with E-state index >= 15 is 0 Å². The molecule has 0 fully saturated rings. The van der Waals surface area contributed by atoms with Gasteiger partial charge in [0.15, 0.2) is 6.61 Å². The molecule has 0 atom stereocenters. The summed E-state index contributed by atoms with van der Waals surface area (Å²) in [5, 5.41) is 6.71. The Labute approximate surface area is 132 Å². The fourth-order valence-corrected chi connectivity index (χ4v) is 2.02. The number of carbonyl (C=O) groups is 1. The molecule has 21 heavy (non-hydrogen) atoms. The Balaban J connectivity index is 2.50. The lowest BCUT2D eigenvalue weighted by Gasteiger charge is -2.13. The van der Waals surface area contributed by atoms with Crippen molar-refractivity contribution < 1.29 is 9.53 Å². The van der Waals surface area contributed by atoms with Crippen LogP contribution >= 0.6 is 11.6 Å². The second kappa shape index (κ2) is 9.64. The van der Waals surface area contributed by atoms with Crippen molar-refractivity contribution in [3.05, 3.63) is 28.8 Å². The Morgan fingerprint density at radius 2 is 2.14 bits per heavy atom. The van der Waals surface area contributed by atoms with Crippen LogP contribution in [0.4, 0.5) is 0 Å². The zero-order valence-corrected chi connectivity index (χ0v) is 13.8. The lowest BCUT2D eigenvalue weighted by atomic mass is 10.1. The van der Waals surface area contributed by atoms with Gasteiger partial charge >= 0.3 is 0 Å². The summed E-state index contributed by atoms with van der Waals surface area (Å²) in [6.07, 6.45) is 0.967. The Morgan fingerprint density at radius 3 is 2.81 bits per heavy atom. The van der Waals surface area contributed by atoms with E-state index in [-0.39, 0.29) is 12.5 Å². The highest BCUT2D eigenvalue weighted by atomic mass is 35.5. The first-order valence-electron chi connectivity index (χ1n) is 7.42. The number of benzene rings is 1. The van der Waals surface area contributed by atoms with Gasteiger partial charge in [-0.1, -0.05) is 38.4 Å². The molecule has 0 aliphatic heterocycles. The van der Waals surface area contributed by atoms with Crippen molar-refractivity contribution in [1.82, 2.24) is 10.6 Å². The summed E-state index contributed by atoms with van der Waals surface area (Å²) in [7, 11) is 0. The van der Waals surface area contributed by atoms with Gasteiger partial charge in [0.05, 0.1) is 0 Å². The number of halogens is 1. The molecule has 1 aromatic rings. The third-order valence-corrected chi connectivity index (χ3v) is 3.38. The molecular formula is C16H25ClN2O2. The van der Waals surface area contributed by atoms with Gasteiger partial charge in [-0.25, -0.2) is 0 Å². The monoisotopic (exact) mass is 312 g/mol. The van der Waals surface area contributed by atoms with Crippen molar-refractivity contribution in [1.29, 1.82) is 0 Å². The zero-order chi connectivity index (χ0) is 15.7. The molecule has 118 valence electrons. The molecule has 0 radical (unpaired) electrons. The Hall–Kier alpha value is -1.26. The first kappa shape index (κ1) is 17.8. The van der Waals surface area contributed by atoms with Crippen LogP contribution in [0.15, 0.2) is 18.2 Å². The maximum Gasteiger partial charge on any atom is 0.257 e. The van der Waals surface area contributed by atoms with Crippen LogP contribution in [0.2, 0.25) is 5.02 Å². The zero-order valence-electron chi connectivity index (χ0n) is 13.0. The highest BCUT2D eigenvalue weighted by Gasteiger charge is 2.10. The van der Waals surface area contributed by atoms with Crippen LogP contribution in [-0.2, 0) is 11.3 Å². The summed E-state index contributed by atoms with van der Waals surface area (Å²) in [4.78, 5) is 11.7. The van der Waals surface area contributed by atoms with E-state index in [9.17, 15) is 4.79 Å². The minimum atomic E-state index is -0.106. The molecule has 0 aliphatic carbocycles. The first-order valence-corrected chi connectivity index (χ1v) is 7.80. The number of ether oxygens (including phenoxy) is 1. The van der Waals surface area contributed by atoms with E-state index in [1.807, 2.05) is 25.1 Å². The Kier molecular flexibility index (Phi) is 8.16. The van der Waals surface area contributed by atoms with Crippen molar-refractivity contribution in [2.75, 3.05) is 19.7 Å². The summed E-state index contributed by atoms with van der Waals surface area (Å²) in [6.45, 7) is 8.45. The van der Waals surface area contributed by atoms with Crippen molar-refractivity contribution in [2.24, 2.45) is 5.92 Å². The molecule has 0 saturated heterocycles. The van der Waals surface area contributed by atoms with Gasteiger partial charge < -0.3 is 15.4 Å². The van der Waals surface area contributed by atoms with Crippen LogP contribution in [0.25, 0.3) is 0 Å². The Bertz CT molecular complexity index is 450. The molecule has 2 N–H and O–H groups in total. The van der Waals surface area contributed by atoms with Crippen LogP contribution in [-0.4, -0.2) is 25.6 Å². The quantitative estimate of drug-likeness (QED) is 0.737. The molecular weight excluding hydrogens is 288 g/mol. The average Bonchev–Trinajstić information content (AvgIpc) is 2.43. The molecule has 0 saturated carbocycles. The fourth-order valence-electron chi connectivity index (χ4n) is 1.79. The molecule has 5 heteroatoms. The summed E-state index contributed by atoms with van der Waals surface area (Å²) < 4.78 is 5.60. The summed E-state index contributed by atoms with van der Waals surface area (Å²) in [5.74, 6) is 1.12. The molecule has 1 amide bonds. The van der Waals surface area contributed by atoms with Crippen LogP contribution in [0, 0.1) is 5.92 Å². The first-order chi connectivity index (χ1) is 10.0. The summed E-state index contributed by atoms with van der Waals surface area (Å²) in [6, 6.07) is 5.48. The van der Waals surface area contributed by atoms with Gasteiger partial charge in [-0.3, -0.25) is 4.79 Å². The van der Waals surface area contributed by atoms with Gasteiger partial charge in [-0.2, -0.15) is 0 Å². The standard InChI is InChI=1S/C16H25ClN2O2/c1-4-18-10-13-14(17)6-5-7-15(13)21-11-16(20)19-9-8-12(2)3/h5-7,12,18H,4,8-11H2,1-3H3,(H,19,20). The van der Waals surface area contributed by atoms with Gasteiger partial charge in [0.1, 0.15) is 5.75 Å². The molecule has 4 nitrogen and oxygen atoms in total. The molecule has 0 unspecified atom stereocenters. The van der Waals surface area contributed by atoms with E-state index in [0.29, 0.717) is 29.8 Å². The van der Waals surface area contributed by atoms with E-state index in [2.05, 4.69) is 24.5 Å². The smallest absolute Gasteiger partial charge is 0.257 e.